The van der Waals surface area contributed by atoms with Crippen LogP contribution in [0.1, 0.15) is 10.5 Å². The smallest absolute Gasteiger partial charge is 0.274 e. The lowest BCUT2D eigenvalue weighted by atomic mass is 10.1. The molecular formula is C16H14FN5O2. The van der Waals surface area contributed by atoms with Gasteiger partial charge in [-0.1, -0.05) is 12.1 Å². The van der Waals surface area contributed by atoms with Gasteiger partial charge in [0.25, 0.3) is 5.91 Å². The van der Waals surface area contributed by atoms with E-state index in [9.17, 15) is 9.18 Å². The van der Waals surface area contributed by atoms with Gasteiger partial charge in [0.05, 0.1) is 13.2 Å². The molecule has 0 atom stereocenters. The van der Waals surface area contributed by atoms with Gasteiger partial charge in [-0.3, -0.25) is 4.79 Å². The number of fused-ring (bicyclic) bond motifs is 1. The molecule has 7 nitrogen and oxygen atoms in total. The molecule has 0 aliphatic carbocycles. The fourth-order valence-corrected chi connectivity index (χ4v) is 2.70. The summed E-state index contributed by atoms with van der Waals surface area (Å²) < 4.78 is 19.9. The van der Waals surface area contributed by atoms with Gasteiger partial charge in [0.2, 0.25) is 0 Å². The van der Waals surface area contributed by atoms with Crippen LogP contribution in [-0.4, -0.2) is 56.9 Å². The third-order valence-electron chi connectivity index (χ3n) is 3.94. The minimum Gasteiger partial charge on any atom is -0.378 e. The number of amides is 1. The number of morpholine rings is 1. The molecule has 4 rings (SSSR count). The average molecular weight is 327 g/mol. The number of ether oxygens (including phenoxy) is 1. The highest BCUT2D eigenvalue weighted by Gasteiger charge is 2.22. The quantitative estimate of drug-likeness (QED) is 0.711. The molecule has 1 amide bonds. The normalized spacial score (nSPS) is 15.0. The highest BCUT2D eigenvalue weighted by molar-refractivity contribution is 5.94. The van der Waals surface area contributed by atoms with E-state index in [-0.39, 0.29) is 11.7 Å². The maximum atomic E-state index is 13.2. The Bertz CT molecular complexity index is 887. The predicted octanol–water partition coefficient (Wildman–Crippen LogP) is 1.40. The molecule has 0 bridgehead atoms. The Morgan fingerprint density at radius 2 is 1.92 bits per heavy atom. The summed E-state index contributed by atoms with van der Waals surface area (Å²) in [5.74, 6) is -0.493. The Hall–Kier alpha value is -2.87. The molecule has 122 valence electrons. The van der Waals surface area contributed by atoms with Crippen LogP contribution in [0.5, 0.6) is 0 Å². The van der Waals surface area contributed by atoms with E-state index in [1.165, 1.54) is 23.0 Å². The molecule has 0 unspecified atom stereocenters. The molecule has 8 heteroatoms. The summed E-state index contributed by atoms with van der Waals surface area (Å²) in [6.45, 7) is 2.11. The van der Waals surface area contributed by atoms with Gasteiger partial charge in [0.1, 0.15) is 17.8 Å². The molecule has 2 aromatic heterocycles. The summed E-state index contributed by atoms with van der Waals surface area (Å²) in [6, 6.07) is 7.69. The van der Waals surface area contributed by atoms with Crippen LogP contribution in [0.4, 0.5) is 4.39 Å². The number of rotatable bonds is 2. The Balaban J connectivity index is 1.80. The van der Waals surface area contributed by atoms with Crippen LogP contribution in [0.15, 0.2) is 36.7 Å². The second-order valence-electron chi connectivity index (χ2n) is 5.45. The first-order valence-electron chi connectivity index (χ1n) is 7.56. The van der Waals surface area contributed by atoms with E-state index in [0.717, 1.165) is 5.56 Å². The minimum absolute atomic E-state index is 0.169. The number of halogens is 1. The molecule has 1 aromatic carbocycles. The van der Waals surface area contributed by atoms with Crippen molar-refractivity contribution >= 4 is 11.6 Å². The van der Waals surface area contributed by atoms with Crippen LogP contribution in [0, 0.1) is 5.82 Å². The van der Waals surface area contributed by atoms with Crippen LogP contribution in [0.25, 0.3) is 16.8 Å². The number of hydrogen-bond donors (Lipinski definition) is 0. The third kappa shape index (κ3) is 2.61. The zero-order chi connectivity index (χ0) is 16.5. The predicted molar refractivity (Wildman–Crippen MR) is 82.9 cm³/mol. The van der Waals surface area contributed by atoms with Crippen molar-refractivity contribution < 1.29 is 13.9 Å². The van der Waals surface area contributed by atoms with Crippen LogP contribution < -0.4 is 0 Å². The monoisotopic (exact) mass is 327 g/mol. The number of carbonyl (C=O) groups excluding carboxylic acids is 1. The molecule has 1 fully saturated rings. The van der Waals surface area contributed by atoms with Gasteiger partial charge in [-0.15, -0.1) is 10.2 Å². The first kappa shape index (κ1) is 14.7. The van der Waals surface area contributed by atoms with Gasteiger partial charge in [-0.25, -0.2) is 4.39 Å². The average Bonchev–Trinajstić information content (AvgIpc) is 3.10. The molecule has 0 saturated carbocycles. The van der Waals surface area contributed by atoms with Gasteiger partial charge in [-0.05, 0) is 23.8 Å². The van der Waals surface area contributed by atoms with Crippen molar-refractivity contribution in [2.75, 3.05) is 26.3 Å². The first-order chi connectivity index (χ1) is 11.7. The Morgan fingerprint density at radius 1 is 1.17 bits per heavy atom. The number of benzene rings is 1. The topological polar surface area (TPSA) is 72.6 Å². The van der Waals surface area contributed by atoms with Crippen LogP contribution in [-0.2, 0) is 4.74 Å². The summed E-state index contributed by atoms with van der Waals surface area (Å²) in [5, 5.41) is 12.2. The maximum Gasteiger partial charge on any atom is 0.274 e. The fraction of sp³-hybridized carbons (Fsp3) is 0.250. The van der Waals surface area contributed by atoms with Crippen LogP contribution in [0.3, 0.4) is 0 Å². The number of hydrogen-bond acceptors (Lipinski definition) is 5. The van der Waals surface area contributed by atoms with E-state index in [2.05, 4.69) is 15.3 Å². The zero-order valence-electron chi connectivity index (χ0n) is 12.7. The second kappa shape index (κ2) is 5.97. The van der Waals surface area contributed by atoms with Gasteiger partial charge in [0.15, 0.2) is 5.65 Å². The van der Waals surface area contributed by atoms with Crippen molar-refractivity contribution in [2.24, 2.45) is 0 Å². The third-order valence-corrected chi connectivity index (χ3v) is 3.94. The summed E-state index contributed by atoms with van der Waals surface area (Å²) in [7, 11) is 0. The van der Waals surface area contributed by atoms with Crippen molar-refractivity contribution in [1.29, 1.82) is 0 Å². The van der Waals surface area contributed by atoms with Crippen molar-refractivity contribution in [3.05, 3.63) is 48.2 Å². The van der Waals surface area contributed by atoms with Gasteiger partial charge in [0, 0.05) is 18.7 Å². The second-order valence-corrected chi connectivity index (χ2v) is 5.45. The fourth-order valence-electron chi connectivity index (χ4n) is 2.70. The maximum absolute atomic E-state index is 13.2. The van der Waals surface area contributed by atoms with Crippen molar-refractivity contribution in [2.45, 2.75) is 0 Å². The summed E-state index contributed by atoms with van der Waals surface area (Å²) in [4.78, 5) is 14.4. The number of aromatic nitrogens is 4. The summed E-state index contributed by atoms with van der Waals surface area (Å²) >= 11 is 0. The van der Waals surface area contributed by atoms with Gasteiger partial charge >= 0.3 is 0 Å². The lowest BCUT2D eigenvalue weighted by Crippen LogP contribution is -2.41. The van der Waals surface area contributed by atoms with Crippen molar-refractivity contribution in [3.8, 4) is 11.1 Å². The van der Waals surface area contributed by atoms with Crippen molar-refractivity contribution in [1.82, 2.24) is 24.7 Å². The number of nitrogens with zero attached hydrogens (tertiary/aromatic N) is 5. The molecule has 0 radical (unpaired) electrons. The molecule has 1 aliphatic heterocycles. The van der Waals surface area contributed by atoms with E-state index in [0.29, 0.717) is 43.2 Å². The minimum atomic E-state index is -0.324. The van der Waals surface area contributed by atoms with E-state index in [1.54, 1.807) is 23.1 Å². The molecule has 0 spiro atoms. The first-order valence-corrected chi connectivity index (χ1v) is 7.56. The van der Waals surface area contributed by atoms with Crippen LogP contribution >= 0.6 is 0 Å². The van der Waals surface area contributed by atoms with Gasteiger partial charge < -0.3 is 9.64 Å². The lowest BCUT2D eigenvalue weighted by molar-refractivity contribution is 0.0298. The highest BCUT2D eigenvalue weighted by Crippen LogP contribution is 2.24. The molecule has 3 heterocycles. The summed E-state index contributed by atoms with van der Waals surface area (Å²) in [5.41, 5.74) is 2.23. The van der Waals surface area contributed by atoms with E-state index in [4.69, 9.17) is 4.74 Å². The van der Waals surface area contributed by atoms with E-state index in [1.807, 2.05) is 0 Å². The number of carbonyl (C=O) groups is 1. The van der Waals surface area contributed by atoms with E-state index < -0.39 is 0 Å². The zero-order valence-corrected chi connectivity index (χ0v) is 12.7. The molecule has 1 saturated heterocycles. The standard InChI is InChI=1S/C16H14FN5O2/c17-12-3-1-11(2-4-12)13-9-14(20-22-10-18-19-15(13)22)16(23)21-5-7-24-8-6-21/h1-4,9-10H,5-8H2. The van der Waals surface area contributed by atoms with Crippen molar-refractivity contribution in [3.63, 3.8) is 0 Å². The van der Waals surface area contributed by atoms with Crippen LogP contribution in [0.2, 0.25) is 0 Å². The van der Waals surface area contributed by atoms with Gasteiger partial charge in [-0.2, -0.15) is 9.61 Å². The Kier molecular flexibility index (Phi) is 3.66. The Labute approximate surface area is 136 Å². The molecule has 1 aliphatic rings. The lowest BCUT2D eigenvalue weighted by Gasteiger charge is -2.26. The molecular weight excluding hydrogens is 313 g/mol. The molecule has 3 aromatic rings. The highest BCUT2D eigenvalue weighted by atomic mass is 19.1. The SMILES string of the molecule is O=C(c1cc(-c2ccc(F)cc2)c2nncn2n1)N1CCOCC1. The van der Waals surface area contributed by atoms with E-state index >= 15 is 0 Å². The Morgan fingerprint density at radius 3 is 2.67 bits per heavy atom. The summed E-state index contributed by atoms with van der Waals surface area (Å²) in [6.07, 6.45) is 1.44. The molecule has 24 heavy (non-hydrogen) atoms. The molecule has 0 N–H and O–H groups in total. The largest absolute Gasteiger partial charge is 0.378 e.